The van der Waals surface area contributed by atoms with Crippen molar-refractivity contribution < 1.29 is 9.28 Å². The fraction of sp³-hybridized carbons (Fsp3) is 0.900. The third-order valence-electron chi connectivity index (χ3n) is 2.85. The number of hydrogen-bond acceptors (Lipinski definition) is 1. The van der Waals surface area contributed by atoms with Crippen molar-refractivity contribution in [3.63, 3.8) is 0 Å². The van der Waals surface area contributed by atoms with Crippen LogP contribution < -0.4 is 0 Å². The van der Waals surface area contributed by atoms with Crippen LogP contribution >= 0.6 is 0 Å². The van der Waals surface area contributed by atoms with Crippen LogP contribution in [0.2, 0.25) is 0 Å². The summed E-state index contributed by atoms with van der Waals surface area (Å²) in [5.74, 6) is 0. The molecule has 0 saturated carbocycles. The van der Waals surface area contributed by atoms with Crippen LogP contribution in [0.25, 0.3) is 0 Å². The lowest BCUT2D eigenvalue weighted by molar-refractivity contribution is -0.845. The first kappa shape index (κ1) is 9.72. The minimum absolute atomic E-state index is 0.733. The molecule has 0 aromatic heterocycles. The monoisotopic (exact) mass is 170 g/mol. The maximum atomic E-state index is 11.0. The van der Waals surface area contributed by atoms with Gasteiger partial charge in [0, 0.05) is 0 Å². The third kappa shape index (κ3) is 2.31. The third-order valence-corrected chi connectivity index (χ3v) is 2.85. The van der Waals surface area contributed by atoms with Crippen molar-refractivity contribution in [1.82, 2.24) is 0 Å². The van der Waals surface area contributed by atoms with E-state index in [4.69, 9.17) is 0 Å². The van der Waals surface area contributed by atoms with Crippen LogP contribution in [0.1, 0.15) is 39.0 Å². The summed E-state index contributed by atoms with van der Waals surface area (Å²) in [4.78, 5) is 11.0. The zero-order valence-corrected chi connectivity index (χ0v) is 8.09. The lowest BCUT2D eigenvalue weighted by Crippen LogP contribution is -2.47. The Kier molecular flexibility index (Phi) is 3.73. The quantitative estimate of drug-likeness (QED) is 0.467. The highest BCUT2D eigenvalue weighted by molar-refractivity contribution is 5.37. The number of carbonyl (C=O) groups is 1. The number of amides is 1. The van der Waals surface area contributed by atoms with Gasteiger partial charge in [0.05, 0.1) is 19.6 Å². The first-order chi connectivity index (χ1) is 5.83. The molecule has 0 N–H and O–H groups in total. The van der Waals surface area contributed by atoms with Crippen molar-refractivity contribution in [2.75, 3.05) is 19.6 Å². The van der Waals surface area contributed by atoms with Gasteiger partial charge in [-0.15, -0.1) is 0 Å². The van der Waals surface area contributed by atoms with Gasteiger partial charge in [0.15, 0.2) is 0 Å². The summed E-state index contributed by atoms with van der Waals surface area (Å²) in [5.41, 5.74) is 0. The fourth-order valence-electron chi connectivity index (χ4n) is 2.15. The van der Waals surface area contributed by atoms with Crippen molar-refractivity contribution in [2.24, 2.45) is 0 Å². The zero-order chi connectivity index (χ0) is 8.86. The summed E-state index contributed by atoms with van der Waals surface area (Å²) in [7, 11) is 0. The van der Waals surface area contributed by atoms with Gasteiger partial charge in [-0.2, -0.15) is 0 Å². The molecule has 1 heterocycles. The Labute approximate surface area is 75.1 Å². The molecule has 1 aliphatic rings. The van der Waals surface area contributed by atoms with Crippen molar-refractivity contribution >= 4 is 6.41 Å². The van der Waals surface area contributed by atoms with E-state index in [1.807, 2.05) is 0 Å². The van der Waals surface area contributed by atoms with E-state index in [1.165, 1.54) is 32.1 Å². The molecule has 2 heteroatoms. The second-order valence-corrected chi connectivity index (χ2v) is 3.91. The molecule has 1 fully saturated rings. The van der Waals surface area contributed by atoms with E-state index in [0.717, 1.165) is 30.5 Å². The number of carbonyl (C=O) groups excluding carboxylic acids is 1. The molecule has 0 unspecified atom stereocenters. The topological polar surface area (TPSA) is 17.1 Å². The molecule has 1 aliphatic heterocycles. The lowest BCUT2D eigenvalue weighted by atomic mass is 10.2. The van der Waals surface area contributed by atoms with Gasteiger partial charge in [0.1, 0.15) is 0 Å². The molecule has 1 amide bonds. The van der Waals surface area contributed by atoms with E-state index in [2.05, 4.69) is 6.92 Å². The van der Waals surface area contributed by atoms with Gasteiger partial charge in [0.25, 0.3) is 0 Å². The number of likely N-dealkylation sites (tertiary alicyclic amines) is 1. The Balaban J connectivity index is 2.54. The van der Waals surface area contributed by atoms with Crippen molar-refractivity contribution in [3.8, 4) is 0 Å². The molecule has 1 rings (SSSR count). The second kappa shape index (κ2) is 4.61. The Bertz CT molecular complexity index is 137. The minimum atomic E-state index is 0.733. The average molecular weight is 170 g/mol. The molecule has 0 bridgehead atoms. The molecule has 0 aromatic rings. The van der Waals surface area contributed by atoms with Crippen LogP contribution in [-0.4, -0.2) is 30.5 Å². The van der Waals surface area contributed by atoms with Crippen molar-refractivity contribution in [3.05, 3.63) is 0 Å². The summed E-state index contributed by atoms with van der Waals surface area (Å²) >= 11 is 0. The molecule has 1 saturated heterocycles. The molecular formula is C10H20NO+. The van der Waals surface area contributed by atoms with Gasteiger partial charge in [-0.1, -0.05) is 6.92 Å². The summed E-state index contributed by atoms with van der Waals surface area (Å²) in [5, 5.41) is 0. The largest absolute Gasteiger partial charge is 0.301 e. The predicted molar refractivity (Wildman–Crippen MR) is 49.7 cm³/mol. The summed E-state index contributed by atoms with van der Waals surface area (Å²) in [6.07, 6.45) is 7.40. The average Bonchev–Trinajstić information content (AvgIpc) is 2.32. The van der Waals surface area contributed by atoms with Crippen LogP contribution in [0.4, 0.5) is 0 Å². The second-order valence-electron chi connectivity index (χ2n) is 3.91. The van der Waals surface area contributed by atoms with E-state index in [-0.39, 0.29) is 0 Å². The number of rotatable bonds is 3. The minimum Gasteiger partial charge on any atom is -0.263 e. The smallest absolute Gasteiger partial charge is 0.263 e. The molecule has 0 spiro atoms. The molecular weight excluding hydrogens is 150 g/mol. The SMILES string of the molecule is CCC[N+]1(C=O)CCCCCC1. The number of quaternary nitrogens is 1. The molecule has 0 aliphatic carbocycles. The predicted octanol–water partition coefficient (Wildman–Crippen LogP) is 1.94. The lowest BCUT2D eigenvalue weighted by Gasteiger charge is -2.30. The van der Waals surface area contributed by atoms with Crippen LogP contribution in [0, 0.1) is 0 Å². The van der Waals surface area contributed by atoms with Crippen LogP contribution in [0.15, 0.2) is 0 Å². The zero-order valence-electron chi connectivity index (χ0n) is 8.09. The standard InChI is InChI=1S/C10H20NO/c1-2-7-11(10-12)8-5-3-4-6-9-11/h10H,2-9H2,1H3/q+1. The van der Waals surface area contributed by atoms with Gasteiger partial charge in [-0.25, -0.2) is 4.79 Å². The molecule has 0 atom stereocenters. The number of nitrogens with zero attached hydrogens (tertiary/aromatic N) is 1. The van der Waals surface area contributed by atoms with Gasteiger partial charge in [0.2, 0.25) is 0 Å². The summed E-state index contributed by atoms with van der Waals surface area (Å²) < 4.78 is 0.733. The van der Waals surface area contributed by atoms with Crippen LogP contribution in [0.3, 0.4) is 0 Å². The Morgan fingerprint density at radius 2 is 1.75 bits per heavy atom. The Hall–Kier alpha value is -0.370. The van der Waals surface area contributed by atoms with E-state index in [1.54, 1.807) is 0 Å². The first-order valence-electron chi connectivity index (χ1n) is 5.15. The van der Waals surface area contributed by atoms with E-state index >= 15 is 0 Å². The highest BCUT2D eigenvalue weighted by Crippen LogP contribution is 2.16. The van der Waals surface area contributed by atoms with Crippen LogP contribution in [-0.2, 0) is 4.79 Å². The van der Waals surface area contributed by atoms with Gasteiger partial charge in [-0.05, 0) is 32.1 Å². The summed E-state index contributed by atoms with van der Waals surface area (Å²) in [6.45, 7) is 5.37. The fourth-order valence-corrected chi connectivity index (χ4v) is 2.15. The first-order valence-corrected chi connectivity index (χ1v) is 5.15. The molecule has 0 radical (unpaired) electrons. The maximum Gasteiger partial charge on any atom is 0.301 e. The normalized spacial score (nSPS) is 23.1. The number of hydrogen-bond donors (Lipinski definition) is 0. The molecule has 0 aromatic carbocycles. The van der Waals surface area contributed by atoms with E-state index in [9.17, 15) is 4.79 Å². The van der Waals surface area contributed by atoms with Crippen LogP contribution in [0.5, 0.6) is 0 Å². The summed E-state index contributed by atoms with van der Waals surface area (Å²) in [6, 6.07) is 0. The van der Waals surface area contributed by atoms with Gasteiger partial charge < -0.3 is 0 Å². The van der Waals surface area contributed by atoms with E-state index in [0.29, 0.717) is 0 Å². The highest BCUT2D eigenvalue weighted by Gasteiger charge is 2.26. The maximum absolute atomic E-state index is 11.0. The molecule has 2 nitrogen and oxygen atoms in total. The molecule has 12 heavy (non-hydrogen) atoms. The van der Waals surface area contributed by atoms with E-state index < -0.39 is 0 Å². The Morgan fingerprint density at radius 1 is 1.17 bits per heavy atom. The Morgan fingerprint density at radius 3 is 2.17 bits per heavy atom. The van der Waals surface area contributed by atoms with Crippen molar-refractivity contribution in [2.45, 2.75) is 39.0 Å². The highest BCUT2D eigenvalue weighted by atomic mass is 16.1. The van der Waals surface area contributed by atoms with Gasteiger partial charge in [-0.3, -0.25) is 4.48 Å². The van der Waals surface area contributed by atoms with Gasteiger partial charge >= 0.3 is 6.41 Å². The van der Waals surface area contributed by atoms with Crippen molar-refractivity contribution in [1.29, 1.82) is 0 Å². The molecule has 70 valence electrons.